The Bertz CT molecular complexity index is 674. The summed E-state index contributed by atoms with van der Waals surface area (Å²) in [5.41, 5.74) is 8.03. The first-order chi connectivity index (χ1) is 11.5. The molecule has 0 saturated carbocycles. The first kappa shape index (κ1) is 17.8. The second-order valence-electron chi connectivity index (χ2n) is 5.67. The molecule has 5 heteroatoms. The van der Waals surface area contributed by atoms with Gasteiger partial charge in [0, 0.05) is 25.2 Å². The second kappa shape index (κ2) is 8.36. The lowest BCUT2D eigenvalue weighted by Crippen LogP contribution is -2.42. The lowest BCUT2D eigenvalue weighted by Gasteiger charge is -2.22. The van der Waals surface area contributed by atoms with Crippen molar-refractivity contribution < 1.29 is 14.3 Å². The van der Waals surface area contributed by atoms with E-state index in [0.717, 1.165) is 11.1 Å². The maximum Gasteiger partial charge on any atom is 0.239 e. The number of methoxy groups -OCH3 is 2. The van der Waals surface area contributed by atoms with E-state index in [9.17, 15) is 4.79 Å². The highest BCUT2D eigenvalue weighted by molar-refractivity contribution is 5.81. The van der Waals surface area contributed by atoms with Crippen molar-refractivity contribution in [3.63, 3.8) is 0 Å². The molecule has 1 amide bonds. The van der Waals surface area contributed by atoms with Crippen LogP contribution in [0.4, 0.5) is 0 Å². The van der Waals surface area contributed by atoms with Crippen LogP contribution >= 0.6 is 0 Å². The Morgan fingerprint density at radius 1 is 1.12 bits per heavy atom. The fourth-order valence-electron chi connectivity index (χ4n) is 2.55. The molecular weight excluding hydrogens is 304 g/mol. The number of likely N-dealkylation sites (N-methyl/N-ethyl adjacent to an activating group) is 1. The topological polar surface area (TPSA) is 64.8 Å². The highest BCUT2D eigenvalue weighted by Gasteiger charge is 2.19. The minimum Gasteiger partial charge on any atom is -0.497 e. The number of carbonyl (C=O) groups excluding carboxylic acids is 1. The van der Waals surface area contributed by atoms with Crippen LogP contribution in [0.25, 0.3) is 0 Å². The summed E-state index contributed by atoms with van der Waals surface area (Å²) >= 11 is 0. The molecule has 0 saturated heterocycles. The number of nitrogens with two attached hydrogens (primary N) is 1. The minimum absolute atomic E-state index is 0.100. The van der Waals surface area contributed by atoms with Gasteiger partial charge in [-0.3, -0.25) is 4.79 Å². The minimum atomic E-state index is -0.568. The fourth-order valence-corrected chi connectivity index (χ4v) is 2.55. The second-order valence-corrected chi connectivity index (χ2v) is 5.67. The molecule has 2 N–H and O–H groups in total. The van der Waals surface area contributed by atoms with Crippen LogP contribution in [-0.2, 0) is 17.8 Å². The number of rotatable bonds is 7. The largest absolute Gasteiger partial charge is 0.497 e. The van der Waals surface area contributed by atoms with Crippen molar-refractivity contribution in [2.45, 2.75) is 19.0 Å². The summed E-state index contributed by atoms with van der Waals surface area (Å²) in [5, 5.41) is 0. The zero-order chi connectivity index (χ0) is 17.5. The zero-order valence-corrected chi connectivity index (χ0v) is 14.4. The molecular formula is C19H24N2O3. The molecule has 24 heavy (non-hydrogen) atoms. The molecule has 0 unspecified atom stereocenters. The van der Waals surface area contributed by atoms with Crippen LogP contribution in [0.2, 0.25) is 0 Å². The maximum atomic E-state index is 12.5. The Balaban J connectivity index is 2.03. The third-order valence-corrected chi connectivity index (χ3v) is 3.89. The standard InChI is InChI=1S/C19H24N2O3/c1-21(13-15-9-10-16(23-2)12-18(15)24-3)19(22)17(20)11-14-7-5-4-6-8-14/h4-10,12,17H,11,13,20H2,1-3H3/t17-/m0/s1. The van der Waals surface area contributed by atoms with Crippen molar-refractivity contribution >= 4 is 5.91 Å². The van der Waals surface area contributed by atoms with Crippen molar-refractivity contribution in [3.05, 3.63) is 59.7 Å². The molecule has 2 rings (SSSR count). The monoisotopic (exact) mass is 328 g/mol. The highest BCUT2D eigenvalue weighted by Crippen LogP contribution is 2.25. The highest BCUT2D eigenvalue weighted by atomic mass is 16.5. The van der Waals surface area contributed by atoms with Crippen LogP contribution in [0, 0.1) is 0 Å². The van der Waals surface area contributed by atoms with Gasteiger partial charge in [-0.15, -0.1) is 0 Å². The van der Waals surface area contributed by atoms with Crippen LogP contribution in [0.1, 0.15) is 11.1 Å². The Labute approximate surface area is 143 Å². The van der Waals surface area contributed by atoms with Gasteiger partial charge in [0.15, 0.2) is 0 Å². The van der Waals surface area contributed by atoms with Crippen molar-refractivity contribution in [2.24, 2.45) is 5.73 Å². The quantitative estimate of drug-likeness (QED) is 0.846. The molecule has 5 nitrogen and oxygen atoms in total. The number of benzene rings is 2. The lowest BCUT2D eigenvalue weighted by molar-refractivity contribution is -0.131. The van der Waals surface area contributed by atoms with Gasteiger partial charge in [-0.2, -0.15) is 0 Å². The fraction of sp³-hybridized carbons (Fsp3) is 0.316. The summed E-state index contributed by atoms with van der Waals surface area (Å²) in [7, 11) is 4.95. The average Bonchev–Trinajstić information content (AvgIpc) is 2.62. The molecule has 128 valence electrons. The molecule has 0 fully saturated rings. The van der Waals surface area contributed by atoms with Gasteiger partial charge in [0.25, 0.3) is 0 Å². The predicted molar refractivity (Wildman–Crippen MR) is 94.1 cm³/mol. The van der Waals surface area contributed by atoms with E-state index >= 15 is 0 Å². The number of ether oxygens (including phenoxy) is 2. The molecule has 0 bridgehead atoms. The molecule has 2 aromatic carbocycles. The number of hydrogen-bond acceptors (Lipinski definition) is 4. The Morgan fingerprint density at radius 2 is 1.83 bits per heavy atom. The Morgan fingerprint density at radius 3 is 2.46 bits per heavy atom. The number of hydrogen-bond donors (Lipinski definition) is 1. The average molecular weight is 328 g/mol. The van der Waals surface area contributed by atoms with Gasteiger partial charge < -0.3 is 20.1 Å². The van der Waals surface area contributed by atoms with E-state index in [-0.39, 0.29) is 5.91 Å². The van der Waals surface area contributed by atoms with Crippen LogP contribution in [0.5, 0.6) is 11.5 Å². The van der Waals surface area contributed by atoms with Crippen LogP contribution in [0.15, 0.2) is 48.5 Å². The molecule has 0 radical (unpaired) electrons. The van der Waals surface area contributed by atoms with E-state index in [4.69, 9.17) is 15.2 Å². The Hall–Kier alpha value is -2.53. The number of nitrogens with zero attached hydrogens (tertiary/aromatic N) is 1. The van der Waals surface area contributed by atoms with E-state index in [2.05, 4.69) is 0 Å². The molecule has 2 aromatic rings. The van der Waals surface area contributed by atoms with Crippen LogP contribution < -0.4 is 15.2 Å². The molecule has 0 aliphatic carbocycles. The SMILES string of the molecule is COc1ccc(CN(C)C(=O)[C@@H](N)Cc2ccccc2)c(OC)c1. The van der Waals surface area contributed by atoms with Gasteiger partial charge in [-0.25, -0.2) is 0 Å². The van der Waals surface area contributed by atoms with Gasteiger partial charge >= 0.3 is 0 Å². The normalized spacial score (nSPS) is 11.7. The van der Waals surface area contributed by atoms with Crippen LogP contribution in [0.3, 0.4) is 0 Å². The Kier molecular flexibility index (Phi) is 6.21. The molecule has 0 aliphatic heterocycles. The van der Waals surface area contributed by atoms with E-state index in [1.54, 1.807) is 32.2 Å². The van der Waals surface area contributed by atoms with Gasteiger partial charge in [0.05, 0.1) is 20.3 Å². The molecule has 0 spiro atoms. The van der Waals surface area contributed by atoms with Gasteiger partial charge in [-0.05, 0) is 24.1 Å². The van der Waals surface area contributed by atoms with Crippen LogP contribution in [-0.4, -0.2) is 38.1 Å². The molecule has 0 aliphatic rings. The zero-order valence-electron chi connectivity index (χ0n) is 14.4. The lowest BCUT2D eigenvalue weighted by atomic mass is 10.1. The smallest absolute Gasteiger partial charge is 0.239 e. The summed E-state index contributed by atoms with van der Waals surface area (Å²) in [4.78, 5) is 14.1. The summed E-state index contributed by atoms with van der Waals surface area (Å²) in [6.07, 6.45) is 0.518. The first-order valence-electron chi connectivity index (χ1n) is 7.80. The predicted octanol–water partition coefficient (Wildman–Crippen LogP) is 2.23. The number of carbonyl (C=O) groups is 1. The third-order valence-electron chi connectivity index (χ3n) is 3.89. The summed E-state index contributed by atoms with van der Waals surface area (Å²) in [5.74, 6) is 1.30. The van der Waals surface area contributed by atoms with E-state index in [1.165, 1.54) is 0 Å². The van der Waals surface area contributed by atoms with Gasteiger partial charge in [-0.1, -0.05) is 30.3 Å². The first-order valence-corrected chi connectivity index (χ1v) is 7.80. The van der Waals surface area contributed by atoms with E-state index in [1.807, 2.05) is 42.5 Å². The summed E-state index contributed by atoms with van der Waals surface area (Å²) < 4.78 is 10.6. The molecule has 1 atom stereocenters. The molecule has 0 heterocycles. The molecule has 0 aromatic heterocycles. The van der Waals surface area contributed by atoms with Gasteiger partial charge in [0.1, 0.15) is 11.5 Å². The van der Waals surface area contributed by atoms with E-state index < -0.39 is 6.04 Å². The summed E-state index contributed by atoms with van der Waals surface area (Å²) in [6.45, 7) is 0.425. The van der Waals surface area contributed by atoms with Crippen molar-refractivity contribution in [3.8, 4) is 11.5 Å². The van der Waals surface area contributed by atoms with Crippen molar-refractivity contribution in [1.29, 1.82) is 0 Å². The van der Waals surface area contributed by atoms with Gasteiger partial charge in [0.2, 0.25) is 5.91 Å². The van der Waals surface area contributed by atoms with Crippen molar-refractivity contribution in [1.82, 2.24) is 4.90 Å². The third kappa shape index (κ3) is 4.49. The number of amides is 1. The summed E-state index contributed by atoms with van der Waals surface area (Å²) in [6, 6.07) is 14.7. The van der Waals surface area contributed by atoms with E-state index in [0.29, 0.717) is 24.5 Å². The van der Waals surface area contributed by atoms with Crippen molar-refractivity contribution in [2.75, 3.05) is 21.3 Å². The maximum absolute atomic E-state index is 12.5.